The molecule has 2 aromatic carbocycles. The highest BCUT2D eigenvalue weighted by Crippen LogP contribution is 2.29. The molecule has 0 saturated heterocycles. The number of fused-ring (bicyclic) bond motifs is 1. The molecule has 0 fully saturated rings. The Bertz CT molecular complexity index is 1030. The Morgan fingerprint density at radius 1 is 1.17 bits per heavy atom. The molecule has 30 heavy (non-hydrogen) atoms. The lowest BCUT2D eigenvalue weighted by Gasteiger charge is -2.11. The lowest BCUT2D eigenvalue weighted by Crippen LogP contribution is -2.27. The summed E-state index contributed by atoms with van der Waals surface area (Å²) in [5.41, 5.74) is 5.04. The number of thiazole rings is 1. The van der Waals surface area contributed by atoms with Crippen molar-refractivity contribution in [3.63, 3.8) is 0 Å². The number of rotatable bonds is 8. The Kier molecular flexibility index (Phi) is 7.42. The average molecular weight is 443 g/mol. The highest BCUT2D eigenvalue weighted by Gasteiger charge is 2.08. The van der Waals surface area contributed by atoms with E-state index in [1.807, 2.05) is 43.3 Å². The fraction of sp³-hybridized carbons (Fsp3) is 0.238. The quantitative estimate of drug-likeness (QED) is 0.328. The van der Waals surface area contributed by atoms with Crippen LogP contribution in [0.15, 0.2) is 58.0 Å². The number of nitrogens with one attached hydrogen (secondary N) is 1. The number of ether oxygens (including phenoxy) is 1. The molecule has 0 aliphatic rings. The van der Waals surface area contributed by atoms with E-state index >= 15 is 0 Å². The maximum atomic E-state index is 12.1. The second-order valence-corrected chi connectivity index (χ2v) is 8.82. The van der Waals surface area contributed by atoms with Crippen molar-refractivity contribution < 1.29 is 14.3 Å². The van der Waals surface area contributed by atoms with Crippen molar-refractivity contribution in [2.75, 3.05) is 26.5 Å². The maximum absolute atomic E-state index is 12.1. The first-order valence-corrected chi connectivity index (χ1v) is 11.0. The second kappa shape index (κ2) is 10.2. The predicted molar refractivity (Wildman–Crippen MR) is 121 cm³/mol. The number of amides is 2. The van der Waals surface area contributed by atoms with E-state index in [2.05, 4.69) is 15.5 Å². The first-order valence-electron chi connectivity index (χ1n) is 9.17. The second-order valence-electron chi connectivity index (χ2n) is 6.57. The lowest BCUT2D eigenvalue weighted by molar-refractivity contribution is -0.130. The van der Waals surface area contributed by atoms with Crippen LogP contribution in [0, 0.1) is 0 Å². The minimum atomic E-state index is -0.194. The minimum Gasteiger partial charge on any atom is -0.484 e. The van der Waals surface area contributed by atoms with Crippen LogP contribution in [0.1, 0.15) is 12.5 Å². The summed E-state index contributed by atoms with van der Waals surface area (Å²) in [6.45, 7) is 1.80. The van der Waals surface area contributed by atoms with Gasteiger partial charge in [-0.25, -0.2) is 10.4 Å². The summed E-state index contributed by atoms with van der Waals surface area (Å²) in [7, 11) is 3.36. The number of thioether (sulfide) groups is 1. The van der Waals surface area contributed by atoms with E-state index in [1.165, 1.54) is 16.7 Å². The molecule has 7 nitrogen and oxygen atoms in total. The molecular weight excluding hydrogens is 420 g/mol. The third-order valence-corrected chi connectivity index (χ3v) is 6.26. The van der Waals surface area contributed by atoms with Gasteiger partial charge in [0, 0.05) is 14.1 Å². The fourth-order valence-electron chi connectivity index (χ4n) is 2.35. The third-order valence-electron chi connectivity index (χ3n) is 4.08. The van der Waals surface area contributed by atoms with Gasteiger partial charge in [-0.15, -0.1) is 11.3 Å². The Hall–Kier alpha value is -2.91. The molecule has 0 atom stereocenters. The number of likely N-dealkylation sites (N-methyl/N-ethyl adjacent to an activating group) is 1. The smallest absolute Gasteiger partial charge is 0.259 e. The highest BCUT2D eigenvalue weighted by molar-refractivity contribution is 8.01. The number of benzene rings is 2. The van der Waals surface area contributed by atoms with Gasteiger partial charge in [0.25, 0.3) is 11.8 Å². The van der Waals surface area contributed by atoms with Crippen LogP contribution in [0.5, 0.6) is 5.75 Å². The first-order chi connectivity index (χ1) is 14.4. The number of hydrogen-bond acceptors (Lipinski definition) is 7. The van der Waals surface area contributed by atoms with Crippen molar-refractivity contribution in [1.29, 1.82) is 0 Å². The van der Waals surface area contributed by atoms with Gasteiger partial charge in [0.1, 0.15) is 5.75 Å². The molecule has 3 rings (SSSR count). The van der Waals surface area contributed by atoms with Gasteiger partial charge in [0.05, 0.1) is 21.7 Å². The zero-order chi connectivity index (χ0) is 21.5. The van der Waals surface area contributed by atoms with Crippen LogP contribution in [0.3, 0.4) is 0 Å². The molecular formula is C21H22N4O3S2. The number of aromatic nitrogens is 1. The molecule has 0 radical (unpaired) electrons. The molecule has 0 spiro atoms. The lowest BCUT2D eigenvalue weighted by atomic mass is 10.1. The molecule has 2 amide bonds. The molecule has 3 aromatic rings. The highest BCUT2D eigenvalue weighted by atomic mass is 32.2. The molecule has 9 heteroatoms. The van der Waals surface area contributed by atoms with Crippen LogP contribution in [0.25, 0.3) is 10.2 Å². The van der Waals surface area contributed by atoms with E-state index in [4.69, 9.17) is 4.74 Å². The molecule has 1 aromatic heterocycles. The molecule has 0 saturated carbocycles. The van der Waals surface area contributed by atoms with Gasteiger partial charge in [-0.05, 0) is 48.9 Å². The van der Waals surface area contributed by atoms with Crippen molar-refractivity contribution >= 4 is 50.8 Å². The molecule has 0 unspecified atom stereocenters. The standard InChI is InChI=1S/C21H22N4O3S2/c1-14(15-8-10-16(11-9-15)28-12-20(27)25(2)3)23-24-19(26)13-29-21-22-17-6-4-5-7-18(17)30-21/h4-11H,12-13H2,1-3H3,(H,24,26)/b23-14+. The van der Waals surface area contributed by atoms with Crippen molar-refractivity contribution in [3.05, 3.63) is 54.1 Å². The first kappa shape index (κ1) is 21.8. The third kappa shape index (κ3) is 6.04. The van der Waals surface area contributed by atoms with Crippen LogP contribution in [-0.4, -0.2) is 53.9 Å². The van der Waals surface area contributed by atoms with Crippen LogP contribution >= 0.6 is 23.1 Å². The average Bonchev–Trinajstić information content (AvgIpc) is 3.17. The Balaban J connectivity index is 1.48. The summed E-state index contributed by atoms with van der Waals surface area (Å²) < 4.78 is 7.41. The summed E-state index contributed by atoms with van der Waals surface area (Å²) in [5.74, 6) is 0.533. The van der Waals surface area contributed by atoms with Gasteiger partial charge in [-0.3, -0.25) is 9.59 Å². The van der Waals surface area contributed by atoms with E-state index in [0.717, 1.165) is 20.1 Å². The zero-order valence-electron chi connectivity index (χ0n) is 16.9. The molecule has 156 valence electrons. The van der Waals surface area contributed by atoms with E-state index in [1.54, 1.807) is 37.6 Å². The molecule has 0 aliphatic carbocycles. The molecule has 0 bridgehead atoms. The van der Waals surface area contributed by atoms with Crippen LogP contribution < -0.4 is 10.2 Å². The topological polar surface area (TPSA) is 83.9 Å². The maximum Gasteiger partial charge on any atom is 0.259 e. The van der Waals surface area contributed by atoms with Crippen LogP contribution in [-0.2, 0) is 9.59 Å². The van der Waals surface area contributed by atoms with Gasteiger partial charge in [-0.1, -0.05) is 23.9 Å². The molecule has 1 heterocycles. The monoisotopic (exact) mass is 442 g/mol. The van der Waals surface area contributed by atoms with Gasteiger partial charge < -0.3 is 9.64 Å². The summed E-state index contributed by atoms with van der Waals surface area (Å²) in [4.78, 5) is 29.7. The predicted octanol–water partition coefficient (Wildman–Crippen LogP) is 3.40. The number of hydrazone groups is 1. The summed E-state index contributed by atoms with van der Waals surface area (Å²) in [6, 6.07) is 15.1. The van der Waals surface area contributed by atoms with Gasteiger partial charge >= 0.3 is 0 Å². The van der Waals surface area contributed by atoms with E-state index in [0.29, 0.717) is 11.5 Å². The van der Waals surface area contributed by atoms with E-state index in [9.17, 15) is 9.59 Å². The van der Waals surface area contributed by atoms with Crippen molar-refractivity contribution in [1.82, 2.24) is 15.3 Å². The summed E-state index contributed by atoms with van der Waals surface area (Å²) in [6.07, 6.45) is 0. The molecule has 0 aliphatic heterocycles. The Morgan fingerprint density at radius 2 is 1.90 bits per heavy atom. The summed E-state index contributed by atoms with van der Waals surface area (Å²) >= 11 is 2.96. The number of nitrogens with zero attached hydrogens (tertiary/aromatic N) is 3. The Labute approximate surface area is 183 Å². The minimum absolute atomic E-state index is 0.0121. The number of carbonyl (C=O) groups is 2. The zero-order valence-corrected chi connectivity index (χ0v) is 18.5. The number of carbonyl (C=O) groups excluding carboxylic acids is 2. The van der Waals surface area contributed by atoms with Gasteiger partial charge in [-0.2, -0.15) is 5.10 Å². The molecule has 1 N–H and O–H groups in total. The van der Waals surface area contributed by atoms with Crippen molar-refractivity contribution in [2.24, 2.45) is 5.10 Å². The SMILES string of the molecule is C/C(=N\NC(=O)CSc1nc2ccccc2s1)c1ccc(OCC(=O)N(C)C)cc1. The Morgan fingerprint density at radius 3 is 2.60 bits per heavy atom. The van der Waals surface area contributed by atoms with Crippen molar-refractivity contribution in [3.8, 4) is 5.75 Å². The van der Waals surface area contributed by atoms with Gasteiger partial charge in [0.2, 0.25) is 0 Å². The normalized spacial score (nSPS) is 11.4. The van der Waals surface area contributed by atoms with Crippen molar-refractivity contribution in [2.45, 2.75) is 11.3 Å². The van der Waals surface area contributed by atoms with Gasteiger partial charge in [0.15, 0.2) is 10.9 Å². The summed E-state index contributed by atoms with van der Waals surface area (Å²) in [5, 5.41) is 4.16. The fourth-order valence-corrected chi connectivity index (χ4v) is 4.21. The van der Waals surface area contributed by atoms with Crippen LogP contribution in [0.2, 0.25) is 0 Å². The van der Waals surface area contributed by atoms with E-state index in [-0.39, 0.29) is 24.2 Å². The number of para-hydroxylation sites is 1. The number of hydrogen-bond donors (Lipinski definition) is 1. The van der Waals surface area contributed by atoms with E-state index < -0.39 is 0 Å². The van der Waals surface area contributed by atoms with Crippen LogP contribution in [0.4, 0.5) is 0 Å². The largest absolute Gasteiger partial charge is 0.484 e.